The highest BCUT2D eigenvalue weighted by atomic mass is 16.5. The van der Waals surface area contributed by atoms with E-state index in [9.17, 15) is 0 Å². The molecule has 93 valence electrons. The highest BCUT2D eigenvalue weighted by molar-refractivity contribution is 5.68. The summed E-state index contributed by atoms with van der Waals surface area (Å²) in [5.41, 5.74) is 3.42. The number of benzene rings is 2. The lowest BCUT2D eigenvalue weighted by Gasteiger charge is -2.08. The zero-order chi connectivity index (χ0) is 12.8. The summed E-state index contributed by atoms with van der Waals surface area (Å²) < 4.78 is 5.65. The van der Waals surface area contributed by atoms with Gasteiger partial charge in [-0.2, -0.15) is 0 Å². The molecule has 1 nitrogen and oxygen atoms in total. The van der Waals surface area contributed by atoms with Gasteiger partial charge >= 0.3 is 0 Å². The summed E-state index contributed by atoms with van der Waals surface area (Å²) in [5, 5.41) is 0. The van der Waals surface area contributed by atoms with E-state index < -0.39 is 0 Å². The summed E-state index contributed by atoms with van der Waals surface area (Å²) in [7, 11) is 0. The molecule has 0 atom stereocenters. The molecule has 0 spiro atoms. The van der Waals surface area contributed by atoms with Crippen LogP contribution in [0.15, 0.2) is 48.5 Å². The Kier molecular flexibility index (Phi) is 4.40. The fraction of sp³-hybridized carbons (Fsp3) is 0.235. The van der Waals surface area contributed by atoms with Gasteiger partial charge in [-0.25, -0.2) is 0 Å². The first kappa shape index (κ1) is 12.7. The Bertz CT molecular complexity index is 485. The standard InChI is InChI=1S/C17H19O/c1-3-4-13-18-16-11-9-15(10-12-16)17-8-6-5-7-14(17)2/h5-12H,2-4,13H2,1H3. The molecular weight excluding hydrogens is 220 g/mol. The fourth-order valence-electron chi connectivity index (χ4n) is 1.87. The number of unbranched alkanes of at least 4 members (excludes halogenated alkanes) is 1. The van der Waals surface area contributed by atoms with Crippen LogP contribution in [0.3, 0.4) is 0 Å². The van der Waals surface area contributed by atoms with Gasteiger partial charge in [0.05, 0.1) is 6.61 Å². The number of hydrogen-bond donors (Lipinski definition) is 0. The summed E-state index contributed by atoms with van der Waals surface area (Å²) in [6.07, 6.45) is 2.26. The highest BCUT2D eigenvalue weighted by Gasteiger charge is 2.01. The monoisotopic (exact) mass is 239 g/mol. The van der Waals surface area contributed by atoms with Crippen molar-refractivity contribution in [2.45, 2.75) is 19.8 Å². The highest BCUT2D eigenvalue weighted by Crippen LogP contribution is 2.25. The van der Waals surface area contributed by atoms with E-state index in [-0.39, 0.29) is 0 Å². The second-order valence-corrected chi connectivity index (χ2v) is 4.38. The first-order valence-electron chi connectivity index (χ1n) is 6.45. The molecule has 18 heavy (non-hydrogen) atoms. The molecule has 0 aromatic heterocycles. The third-order valence-electron chi connectivity index (χ3n) is 2.95. The van der Waals surface area contributed by atoms with Crippen molar-refractivity contribution in [1.82, 2.24) is 0 Å². The van der Waals surface area contributed by atoms with Crippen molar-refractivity contribution in [2.24, 2.45) is 0 Å². The van der Waals surface area contributed by atoms with E-state index in [1.807, 2.05) is 30.3 Å². The summed E-state index contributed by atoms with van der Waals surface area (Å²) >= 11 is 0. The van der Waals surface area contributed by atoms with Crippen molar-refractivity contribution in [3.63, 3.8) is 0 Å². The van der Waals surface area contributed by atoms with Gasteiger partial charge in [0.25, 0.3) is 0 Å². The first-order chi connectivity index (χ1) is 8.81. The Morgan fingerprint density at radius 3 is 2.39 bits per heavy atom. The topological polar surface area (TPSA) is 9.23 Å². The summed E-state index contributed by atoms with van der Waals surface area (Å²) in [6, 6.07) is 16.4. The van der Waals surface area contributed by atoms with Gasteiger partial charge in [0, 0.05) is 0 Å². The van der Waals surface area contributed by atoms with Crippen molar-refractivity contribution < 1.29 is 4.74 Å². The normalized spacial score (nSPS) is 10.3. The molecular formula is C17H19O. The average molecular weight is 239 g/mol. The van der Waals surface area contributed by atoms with Crippen molar-refractivity contribution >= 4 is 0 Å². The molecule has 0 aliphatic rings. The van der Waals surface area contributed by atoms with Gasteiger partial charge in [-0.15, -0.1) is 0 Å². The molecule has 0 unspecified atom stereocenters. The van der Waals surface area contributed by atoms with Gasteiger partial charge in [0.15, 0.2) is 0 Å². The number of ether oxygens (including phenoxy) is 1. The van der Waals surface area contributed by atoms with Crippen molar-refractivity contribution in [1.29, 1.82) is 0 Å². The van der Waals surface area contributed by atoms with E-state index in [0.29, 0.717) is 0 Å². The van der Waals surface area contributed by atoms with Gasteiger partial charge in [0.2, 0.25) is 0 Å². The first-order valence-corrected chi connectivity index (χ1v) is 6.45. The molecule has 0 aliphatic carbocycles. The zero-order valence-corrected chi connectivity index (χ0v) is 10.9. The number of hydrogen-bond acceptors (Lipinski definition) is 1. The Balaban J connectivity index is 2.10. The van der Waals surface area contributed by atoms with E-state index in [0.717, 1.165) is 30.8 Å². The van der Waals surface area contributed by atoms with E-state index in [2.05, 4.69) is 32.0 Å². The van der Waals surface area contributed by atoms with Crippen LogP contribution in [0.25, 0.3) is 11.1 Å². The van der Waals surface area contributed by atoms with E-state index in [4.69, 9.17) is 4.74 Å². The molecule has 1 heteroatoms. The third-order valence-corrected chi connectivity index (χ3v) is 2.95. The van der Waals surface area contributed by atoms with E-state index >= 15 is 0 Å². The molecule has 0 bridgehead atoms. The van der Waals surface area contributed by atoms with Crippen molar-refractivity contribution in [3.05, 3.63) is 61.0 Å². The molecule has 2 rings (SSSR count). The maximum Gasteiger partial charge on any atom is 0.119 e. The van der Waals surface area contributed by atoms with Crippen LogP contribution in [0.1, 0.15) is 25.3 Å². The minimum Gasteiger partial charge on any atom is -0.494 e. The summed E-state index contributed by atoms with van der Waals surface area (Å²) in [5.74, 6) is 0.939. The average Bonchev–Trinajstić information content (AvgIpc) is 2.41. The van der Waals surface area contributed by atoms with E-state index in [1.54, 1.807) is 0 Å². The molecule has 2 aromatic rings. The fourth-order valence-corrected chi connectivity index (χ4v) is 1.87. The molecule has 0 amide bonds. The van der Waals surface area contributed by atoms with Crippen LogP contribution in [0.4, 0.5) is 0 Å². The predicted octanol–water partition coefficient (Wildman–Crippen LogP) is 4.71. The van der Waals surface area contributed by atoms with Gasteiger partial charge < -0.3 is 4.74 Å². The molecule has 2 aromatic carbocycles. The van der Waals surface area contributed by atoms with E-state index in [1.165, 1.54) is 11.1 Å². The van der Waals surface area contributed by atoms with Crippen molar-refractivity contribution in [2.75, 3.05) is 6.61 Å². The Hall–Kier alpha value is -1.76. The maximum atomic E-state index is 5.65. The van der Waals surface area contributed by atoms with Gasteiger partial charge in [-0.3, -0.25) is 0 Å². The molecule has 0 aliphatic heterocycles. The molecule has 1 radical (unpaired) electrons. The molecule has 0 N–H and O–H groups in total. The smallest absolute Gasteiger partial charge is 0.119 e. The lowest BCUT2D eigenvalue weighted by atomic mass is 10.0. The molecule has 0 fully saturated rings. The second kappa shape index (κ2) is 6.25. The van der Waals surface area contributed by atoms with Crippen LogP contribution in [0.5, 0.6) is 5.75 Å². The lowest BCUT2D eigenvalue weighted by Crippen LogP contribution is -1.96. The quantitative estimate of drug-likeness (QED) is 0.686. The Morgan fingerprint density at radius 1 is 1.00 bits per heavy atom. The Labute approximate surface area is 109 Å². The lowest BCUT2D eigenvalue weighted by molar-refractivity contribution is 0.309. The van der Waals surface area contributed by atoms with Crippen molar-refractivity contribution in [3.8, 4) is 16.9 Å². The molecule has 0 heterocycles. The zero-order valence-electron chi connectivity index (χ0n) is 10.9. The minimum absolute atomic E-state index is 0.793. The molecule has 0 saturated heterocycles. The maximum absolute atomic E-state index is 5.65. The van der Waals surface area contributed by atoms with Crippen LogP contribution in [0.2, 0.25) is 0 Å². The van der Waals surface area contributed by atoms with Gasteiger partial charge in [0.1, 0.15) is 5.75 Å². The summed E-state index contributed by atoms with van der Waals surface area (Å²) in [4.78, 5) is 0. The summed E-state index contributed by atoms with van der Waals surface area (Å²) in [6.45, 7) is 7.01. The second-order valence-electron chi connectivity index (χ2n) is 4.38. The largest absolute Gasteiger partial charge is 0.494 e. The Morgan fingerprint density at radius 2 is 1.72 bits per heavy atom. The number of rotatable bonds is 5. The van der Waals surface area contributed by atoms with Crippen LogP contribution in [0, 0.1) is 6.92 Å². The van der Waals surface area contributed by atoms with Gasteiger partial charge in [-0.1, -0.05) is 49.7 Å². The van der Waals surface area contributed by atoms with Crippen LogP contribution in [-0.4, -0.2) is 6.61 Å². The van der Waals surface area contributed by atoms with Crippen LogP contribution < -0.4 is 4.74 Å². The van der Waals surface area contributed by atoms with Crippen LogP contribution >= 0.6 is 0 Å². The minimum atomic E-state index is 0.793. The van der Waals surface area contributed by atoms with Crippen LogP contribution in [-0.2, 0) is 0 Å². The third kappa shape index (κ3) is 3.13. The van der Waals surface area contributed by atoms with Gasteiger partial charge in [-0.05, 0) is 42.2 Å². The predicted molar refractivity (Wildman–Crippen MR) is 76.7 cm³/mol. The SMILES string of the molecule is [CH2]c1ccccc1-c1ccc(OCCCC)cc1. The molecule has 0 saturated carbocycles.